The molecule has 0 bridgehead atoms. The quantitative estimate of drug-likeness (QED) is 0.752. The van der Waals surface area contributed by atoms with Crippen LogP contribution < -0.4 is 5.32 Å². The molecule has 0 aromatic rings. The second-order valence-corrected chi connectivity index (χ2v) is 6.18. The van der Waals surface area contributed by atoms with E-state index in [-0.39, 0.29) is 12.5 Å². The number of carbonyl (C=O) groups excluding carboxylic acids is 1. The molecule has 0 aromatic heterocycles. The first-order valence-electron chi connectivity index (χ1n) is 7.33. The van der Waals surface area contributed by atoms with Crippen LogP contribution in [0.3, 0.4) is 0 Å². The first-order chi connectivity index (χ1) is 9.12. The lowest BCUT2D eigenvalue weighted by Crippen LogP contribution is -2.48. The fraction of sp³-hybridized carbons (Fsp3) is 0.867. The molecule has 0 saturated carbocycles. The molecule has 118 valence electrons. The molecule has 0 aliphatic rings. The molecule has 0 saturated heterocycles. The predicted octanol–water partition coefficient (Wildman–Crippen LogP) is 3.43. The summed E-state index contributed by atoms with van der Waals surface area (Å²) in [6, 6.07) is 0. The van der Waals surface area contributed by atoms with E-state index in [2.05, 4.69) is 5.32 Å². The van der Waals surface area contributed by atoms with E-state index in [9.17, 15) is 14.7 Å². The molecule has 1 unspecified atom stereocenters. The van der Waals surface area contributed by atoms with Gasteiger partial charge in [-0.25, -0.2) is 4.79 Å². The second kappa shape index (κ2) is 7.50. The Bertz CT molecular complexity index is 331. The summed E-state index contributed by atoms with van der Waals surface area (Å²) >= 11 is 0. The Hall–Kier alpha value is -1.26. The molecule has 0 aromatic carbocycles. The van der Waals surface area contributed by atoms with Crippen molar-refractivity contribution < 1.29 is 19.4 Å². The van der Waals surface area contributed by atoms with E-state index in [1.54, 1.807) is 20.8 Å². The van der Waals surface area contributed by atoms with E-state index < -0.39 is 23.1 Å². The maximum atomic E-state index is 11.7. The van der Waals surface area contributed by atoms with Crippen molar-refractivity contribution in [3.05, 3.63) is 0 Å². The molecule has 2 N–H and O–H groups in total. The van der Waals surface area contributed by atoms with Crippen molar-refractivity contribution in [2.75, 3.05) is 6.54 Å². The van der Waals surface area contributed by atoms with Crippen LogP contribution in [0.25, 0.3) is 0 Å². The first-order valence-corrected chi connectivity index (χ1v) is 7.33. The number of carboxylic acids is 1. The standard InChI is InChI=1S/C15H29NO4/c1-7-11(8-2)15(9-3,12(17)18)10-16-13(19)20-14(4,5)6/h11H,7-10H2,1-6H3,(H,16,19)(H,17,18). The third-order valence-electron chi connectivity index (χ3n) is 3.77. The van der Waals surface area contributed by atoms with Gasteiger partial charge in [0, 0.05) is 6.54 Å². The Morgan fingerprint density at radius 1 is 1.15 bits per heavy atom. The number of aliphatic carboxylic acids is 1. The van der Waals surface area contributed by atoms with Crippen molar-refractivity contribution in [3.8, 4) is 0 Å². The molecular formula is C15H29NO4. The average Bonchev–Trinajstić information content (AvgIpc) is 2.32. The van der Waals surface area contributed by atoms with Gasteiger partial charge in [-0.15, -0.1) is 0 Å². The minimum atomic E-state index is -0.930. The maximum Gasteiger partial charge on any atom is 0.407 e. The summed E-state index contributed by atoms with van der Waals surface area (Å²) in [6.45, 7) is 11.2. The van der Waals surface area contributed by atoms with E-state index in [1.807, 2.05) is 20.8 Å². The number of rotatable bonds is 7. The second-order valence-electron chi connectivity index (χ2n) is 6.18. The number of carbonyl (C=O) groups is 2. The fourth-order valence-corrected chi connectivity index (χ4v) is 2.57. The van der Waals surface area contributed by atoms with Crippen LogP contribution in [0.4, 0.5) is 4.79 Å². The van der Waals surface area contributed by atoms with Crippen molar-refractivity contribution in [3.63, 3.8) is 0 Å². The Balaban J connectivity index is 4.92. The molecule has 0 aliphatic carbocycles. The SMILES string of the molecule is CCC(CC)C(CC)(CNC(=O)OC(C)(C)C)C(=O)O. The summed E-state index contributed by atoms with van der Waals surface area (Å²) in [7, 11) is 0. The van der Waals surface area contributed by atoms with Crippen molar-refractivity contribution in [2.45, 2.75) is 66.4 Å². The summed E-state index contributed by atoms with van der Waals surface area (Å²) in [5, 5.41) is 12.2. The highest BCUT2D eigenvalue weighted by Gasteiger charge is 2.43. The predicted molar refractivity (Wildman–Crippen MR) is 78.7 cm³/mol. The Morgan fingerprint density at radius 2 is 1.65 bits per heavy atom. The molecule has 0 fully saturated rings. The number of ether oxygens (including phenoxy) is 1. The van der Waals surface area contributed by atoms with Gasteiger partial charge in [0.15, 0.2) is 0 Å². The third-order valence-corrected chi connectivity index (χ3v) is 3.77. The molecule has 0 rings (SSSR count). The summed E-state index contributed by atoms with van der Waals surface area (Å²) < 4.78 is 5.16. The smallest absolute Gasteiger partial charge is 0.407 e. The molecule has 5 nitrogen and oxygen atoms in total. The van der Waals surface area contributed by atoms with Gasteiger partial charge in [-0.1, -0.05) is 33.6 Å². The van der Waals surface area contributed by atoms with E-state index >= 15 is 0 Å². The summed E-state index contributed by atoms with van der Waals surface area (Å²) in [5.74, 6) is -0.829. The van der Waals surface area contributed by atoms with Gasteiger partial charge >= 0.3 is 12.1 Å². The number of hydrogen-bond donors (Lipinski definition) is 2. The molecule has 0 aliphatic heterocycles. The zero-order chi connectivity index (χ0) is 16.0. The van der Waals surface area contributed by atoms with E-state index in [0.29, 0.717) is 6.42 Å². The van der Waals surface area contributed by atoms with Crippen LogP contribution in [0.15, 0.2) is 0 Å². The van der Waals surface area contributed by atoms with Crippen molar-refractivity contribution in [2.24, 2.45) is 11.3 Å². The molecule has 1 amide bonds. The van der Waals surface area contributed by atoms with Crippen LogP contribution in [0.5, 0.6) is 0 Å². The lowest BCUT2D eigenvalue weighted by atomic mass is 9.70. The van der Waals surface area contributed by atoms with Gasteiger partial charge in [0.25, 0.3) is 0 Å². The van der Waals surface area contributed by atoms with Crippen LogP contribution >= 0.6 is 0 Å². The Labute approximate surface area is 122 Å². The average molecular weight is 287 g/mol. The third kappa shape index (κ3) is 5.02. The highest BCUT2D eigenvalue weighted by Crippen LogP contribution is 2.36. The van der Waals surface area contributed by atoms with Gasteiger partial charge in [-0.05, 0) is 33.1 Å². The van der Waals surface area contributed by atoms with Gasteiger partial charge in [0.2, 0.25) is 0 Å². The minimum absolute atomic E-state index is 0.0277. The van der Waals surface area contributed by atoms with E-state index in [1.165, 1.54) is 0 Å². The summed E-state index contributed by atoms with van der Waals surface area (Å²) in [4.78, 5) is 23.4. The number of amides is 1. The number of nitrogens with one attached hydrogen (secondary N) is 1. The minimum Gasteiger partial charge on any atom is -0.481 e. The number of carboxylic acid groups (broad SMARTS) is 1. The summed E-state index contributed by atoms with van der Waals surface area (Å²) in [6.07, 6.45) is 1.45. The van der Waals surface area contributed by atoms with Crippen LogP contribution in [0, 0.1) is 11.3 Å². The van der Waals surface area contributed by atoms with Crippen LogP contribution in [-0.2, 0) is 9.53 Å². The number of alkyl carbamates (subject to hydrolysis) is 1. The zero-order valence-corrected chi connectivity index (χ0v) is 13.6. The van der Waals surface area contributed by atoms with Gasteiger partial charge in [-0.3, -0.25) is 4.79 Å². The van der Waals surface area contributed by atoms with Crippen LogP contribution in [0.2, 0.25) is 0 Å². The Kier molecular flexibility index (Phi) is 7.03. The molecule has 20 heavy (non-hydrogen) atoms. The molecule has 0 radical (unpaired) electrons. The van der Waals surface area contributed by atoms with E-state index in [0.717, 1.165) is 12.8 Å². The van der Waals surface area contributed by atoms with Gasteiger partial charge in [-0.2, -0.15) is 0 Å². The van der Waals surface area contributed by atoms with Crippen molar-refractivity contribution in [1.82, 2.24) is 5.32 Å². The van der Waals surface area contributed by atoms with E-state index in [4.69, 9.17) is 4.74 Å². The highest BCUT2D eigenvalue weighted by atomic mass is 16.6. The van der Waals surface area contributed by atoms with Crippen molar-refractivity contribution >= 4 is 12.1 Å². The topological polar surface area (TPSA) is 75.6 Å². The van der Waals surface area contributed by atoms with Gasteiger partial charge in [0.05, 0.1) is 5.41 Å². The van der Waals surface area contributed by atoms with Crippen LogP contribution in [0.1, 0.15) is 60.8 Å². The van der Waals surface area contributed by atoms with Crippen LogP contribution in [-0.4, -0.2) is 29.3 Å². The first kappa shape index (κ1) is 18.7. The molecule has 0 spiro atoms. The normalized spacial score (nSPS) is 14.8. The molecule has 1 atom stereocenters. The highest BCUT2D eigenvalue weighted by molar-refractivity contribution is 5.77. The van der Waals surface area contributed by atoms with Crippen molar-refractivity contribution in [1.29, 1.82) is 0 Å². The zero-order valence-electron chi connectivity index (χ0n) is 13.6. The maximum absolute atomic E-state index is 11.7. The molecule has 0 heterocycles. The van der Waals surface area contributed by atoms with Gasteiger partial charge in [0.1, 0.15) is 5.60 Å². The molecule has 5 heteroatoms. The molecular weight excluding hydrogens is 258 g/mol. The lowest BCUT2D eigenvalue weighted by Gasteiger charge is -2.36. The fourth-order valence-electron chi connectivity index (χ4n) is 2.57. The monoisotopic (exact) mass is 287 g/mol. The summed E-state index contributed by atoms with van der Waals surface area (Å²) in [5.41, 5.74) is -1.52. The Morgan fingerprint density at radius 3 is 1.95 bits per heavy atom. The lowest BCUT2D eigenvalue weighted by molar-refractivity contribution is -0.153. The largest absolute Gasteiger partial charge is 0.481 e. The van der Waals surface area contributed by atoms with Gasteiger partial charge < -0.3 is 15.2 Å². The number of hydrogen-bond acceptors (Lipinski definition) is 3.